The van der Waals surface area contributed by atoms with Crippen molar-refractivity contribution in [3.05, 3.63) is 48.0 Å². The maximum atomic E-state index is 12.7. The number of fused-ring (bicyclic) bond motifs is 1. The van der Waals surface area contributed by atoms with Crippen LogP contribution in [0.1, 0.15) is 30.1 Å². The molecule has 0 N–H and O–H groups in total. The van der Waals surface area contributed by atoms with E-state index in [0.717, 1.165) is 30.3 Å². The number of carbonyl (C=O) groups is 1. The number of hydrogen-bond donors (Lipinski definition) is 0. The first-order valence-electron chi connectivity index (χ1n) is 7.67. The summed E-state index contributed by atoms with van der Waals surface area (Å²) in [7, 11) is 0. The lowest BCUT2D eigenvalue weighted by atomic mass is 10.1. The number of hydrogen-bond acceptors (Lipinski definition) is 2. The zero-order valence-corrected chi connectivity index (χ0v) is 12.4. The molecule has 0 aromatic heterocycles. The van der Waals surface area contributed by atoms with E-state index in [9.17, 15) is 4.79 Å². The van der Waals surface area contributed by atoms with E-state index in [4.69, 9.17) is 4.74 Å². The smallest absolute Gasteiger partial charge is 0.253 e. The summed E-state index contributed by atoms with van der Waals surface area (Å²) in [6, 6.07) is 14.1. The molecule has 110 valence electrons. The first-order chi connectivity index (χ1) is 10.3. The summed E-state index contributed by atoms with van der Waals surface area (Å²) in [5, 5.41) is 2.28. The standard InChI is InChI=1S/C18H21NO2/c1-2-17-9-10-19(11-12-21-17)18(20)16-8-7-14-5-3-4-6-15(14)13-16/h3-8,13,17H,2,9-12H2,1H3. The minimum Gasteiger partial charge on any atom is -0.376 e. The first kappa shape index (κ1) is 14.1. The van der Waals surface area contributed by atoms with E-state index in [1.54, 1.807) is 0 Å². The molecule has 3 rings (SSSR count). The average molecular weight is 283 g/mol. The third kappa shape index (κ3) is 3.08. The lowest BCUT2D eigenvalue weighted by Crippen LogP contribution is -2.33. The Morgan fingerprint density at radius 2 is 2.00 bits per heavy atom. The van der Waals surface area contributed by atoms with Crippen LogP contribution in [-0.2, 0) is 4.74 Å². The van der Waals surface area contributed by atoms with Crippen molar-refractivity contribution < 1.29 is 9.53 Å². The lowest BCUT2D eigenvalue weighted by molar-refractivity contribution is 0.0570. The molecule has 1 aliphatic rings. The van der Waals surface area contributed by atoms with E-state index < -0.39 is 0 Å². The molecule has 1 unspecified atom stereocenters. The number of rotatable bonds is 2. The minimum absolute atomic E-state index is 0.112. The van der Waals surface area contributed by atoms with E-state index in [1.165, 1.54) is 5.39 Å². The van der Waals surface area contributed by atoms with Gasteiger partial charge in [-0.25, -0.2) is 0 Å². The molecular weight excluding hydrogens is 262 g/mol. The maximum Gasteiger partial charge on any atom is 0.253 e. The number of amides is 1. The summed E-state index contributed by atoms with van der Waals surface area (Å²) < 4.78 is 5.74. The molecule has 1 heterocycles. The predicted molar refractivity (Wildman–Crippen MR) is 84.5 cm³/mol. The number of benzene rings is 2. The Kier molecular flexibility index (Phi) is 4.20. The average Bonchev–Trinajstić information content (AvgIpc) is 2.79. The molecule has 0 bridgehead atoms. The van der Waals surface area contributed by atoms with E-state index in [1.807, 2.05) is 41.3 Å². The quantitative estimate of drug-likeness (QED) is 0.844. The van der Waals surface area contributed by atoms with Gasteiger partial charge < -0.3 is 9.64 Å². The Morgan fingerprint density at radius 1 is 1.19 bits per heavy atom. The largest absolute Gasteiger partial charge is 0.376 e. The summed E-state index contributed by atoms with van der Waals surface area (Å²) >= 11 is 0. The highest BCUT2D eigenvalue weighted by molar-refractivity contribution is 5.98. The van der Waals surface area contributed by atoms with Crippen LogP contribution in [0, 0.1) is 0 Å². The molecule has 0 aliphatic carbocycles. The molecule has 0 saturated carbocycles. The highest BCUT2D eigenvalue weighted by Crippen LogP contribution is 2.18. The molecule has 1 fully saturated rings. The van der Waals surface area contributed by atoms with Gasteiger partial charge in [-0.3, -0.25) is 4.79 Å². The van der Waals surface area contributed by atoms with Crippen LogP contribution >= 0.6 is 0 Å². The second-order valence-corrected chi connectivity index (χ2v) is 5.54. The summed E-state index contributed by atoms with van der Waals surface area (Å²) in [5.41, 5.74) is 0.767. The molecule has 1 saturated heterocycles. The zero-order chi connectivity index (χ0) is 14.7. The normalized spacial score (nSPS) is 19.5. The van der Waals surface area contributed by atoms with Crippen LogP contribution in [0.25, 0.3) is 10.8 Å². The highest BCUT2D eigenvalue weighted by Gasteiger charge is 2.21. The van der Waals surface area contributed by atoms with Gasteiger partial charge in [-0.15, -0.1) is 0 Å². The van der Waals surface area contributed by atoms with Crippen LogP contribution in [0.15, 0.2) is 42.5 Å². The molecule has 0 radical (unpaired) electrons. The molecular formula is C18H21NO2. The Labute approximate surface area is 125 Å². The van der Waals surface area contributed by atoms with Crippen LogP contribution in [0.4, 0.5) is 0 Å². The second kappa shape index (κ2) is 6.27. The fourth-order valence-corrected chi connectivity index (χ4v) is 2.85. The fraction of sp³-hybridized carbons (Fsp3) is 0.389. The molecule has 1 aliphatic heterocycles. The monoisotopic (exact) mass is 283 g/mol. The Hall–Kier alpha value is -1.87. The van der Waals surface area contributed by atoms with Gasteiger partial charge in [0.1, 0.15) is 0 Å². The first-order valence-corrected chi connectivity index (χ1v) is 7.67. The van der Waals surface area contributed by atoms with Crippen LogP contribution in [-0.4, -0.2) is 36.6 Å². The molecule has 3 heteroatoms. The molecule has 0 spiro atoms. The van der Waals surface area contributed by atoms with Crippen molar-refractivity contribution in [2.45, 2.75) is 25.9 Å². The second-order valence-electron chi connectivity index (χ2n) is 5.54. The SMILES string of the molecule is CCC1CCN(C(=O)c2ccc3ccccc3c2)CCO1. The van der Waals surface area contributed by atoms with E-state index in [-0.39, 0.29) is 5.91 Å². The van der Waals surface area contributed by atoms with Gasteiger partial charge in [0.15, 0.2) is 0 Å². The highest BCUT2D eigenvalue weighted by atomic mass is 16.5. The van der Waals surface area contributed by atoms with Gasteiger partial charge in [-0.2, -0.15) is 0 Å². The lowest BCUT2D eigenvalue weighted by Gasteiger charge is -2.20. The van der Waals surface area contributed by atoms with Crippen LogP contribution < -0.4 is 0 Å². The van der Waals surface area contributed by atoms with Gasteiger partial charge in [0.05, 0.1) is 12.7 Å². The van der Waals surface area contributed by atoms with Gasteiger partial charge in [0.2, 0.25) is 0 Å². The van der Waals surface area contributed by atoms with Crippen molar-refractivity contribution in [2.24, 2.45) is 0 Å². The van der Waals surface area contributed by atoms with Gasteiger partial charge in [0, 0.05) is 18.7 Å². The fourth-order valence-electron chi connectivity index (χ4n) is 2.85. The van der Waals surface area contributed by atoms with Gasteiger partial charge in [-0.1, -0.05) is 37.3 Å². The molecule has 21 heavy (non-hydrogen) atoms. The molecule has 3 nitrogen and oxygen atoms in total. The van der Waals surface area contributed by atoms with E-state index in [0.29, 0.717) is 19.3 Å². The minimum atomic E-state index is 0.112. The number of nitrogens with zero attached hydrogens (tertiary/aromatic N) is 1. The maximum absolute atomic E-state index is 12.7. The Balaban J connectivity index is 1.79. The van der Waals surface area contributed by atoms with Crippen molar-refractivity contribution in [1.29, 1.82) is 0 Å². The van der Waals surface area contributed by atoms with Crippen molar-refractivity contribution in [3.8, 4) is 0 Å². The predicted octanol–water partition coefficient (Wildman–Crippen LogP) is 3.48. The van der Waals surface area contributed by atoms with Crippen LogP contribution in [0.3, 0.4) is 0 Å². The molecule has 2 aromatic rings. The summed E-state index contributed by atoms with van der Waals surface area (Å²) in [6.45, 7) is 4.23. The van der Waals surface area contributed by atoms with Crippen molar-refractivity contribution in [3.63, 3.8) is 0 Å². The van der Waals surface area contributed by atoms with Gasteiger partial charge >= 0.3 is 0 Å². The summed E-state index contributed by atoms with van der Waals surface area (Å²) in [5.74, 6) is 0.112. The van der Waals surface area contributed by atoms with Gasteiger partial charge in [0.25, 0.3) is 5.91 Å². The van der Waals surface area contributed by atoms with Gasteiger partial charge in [-0.05, 0) is 35.7 Å². The van der Waals surface area contributed by atoms with Crippen molar-refractivity contribution >= 4 is 16.7 Å². The Bertz CT molecular complexity index is 638. The zero-order valence-electron chi connectivity index (χ0n) is 12.4. The summed E-state index contributed by atoms with van der Waals surface area (Å²) in [4.78, 5) is 14.6. The third-order valence-electron chi connectivity index (χ3n) is 4.17. The number of carbonyl (C=O) groups excluding carboxylic acids is 1. The molecule has 2 aromatic carbocycles. The summed E-state index contributed by atoms with van der Waals surface area (Å²) in [6.07, 6.45) is 2.23. The van der Waals surface area contributed by atoms with E-state index >= 15 is 0 Å². The topological polar surface area (TPSA) is 29.5 Å². The third-order valence-corrected chi connectivity index (χ3v) is 4.17. The Morgan fingerprint density at radius 3 is 2.81 bits per heavy atom. The van der Waals surface area contributed by atoms with Crippen LogP contribution in [0.2, 0.25) is 0 Å². The van der Waals surface area contributed by atoms with Crippen molar-refractivity contribution in [2.75, 3.05) is 19.7 Å². The number of ether oxygens (including phenoxy) is 1. The van der Waals surface area contributed by atoms with Crippen molar-refractivity contribution in [1.82, 2.24) is 4.90 Å². The molecule has 1 atom stereocenters. The van der Waals surface area contributed by atoms with Crippen LogP contribution in [0.5, 0.6) is 0 Å². The molecule has 1 amide bonds. The van der Waals surface area contributed by atoms with E-state index in [2.05, 4.69) is 13.0 Å².